The Morgan fingerprint density at radius 1 is 1.12 bits per heavy atom. The minimum absolute atomic E-state index is 0.0202. The maximum atomic E-state index is 12.8. The molecule has 1 heterocycles. The third-order valence-electron chi connectivity index (χ3n) is 3.41. The zero-order valence-corrected chi connectivity index (χ0v) is 14.6. The summed E-state index contributed by atoms with van der Waals surface area (Å²) in [7, 11) is 0. The monoisotopic (exact) mass is 402 g/mol. The van der Waals surface area contributed by atoms with Crippen molar-refractivity contribution in [3.63, 3.8) is 0 Å². The van der Waals surface area contributed by atoms with Crippen LogP contribution in [0.5, 0.6) is 5.75 Å². The van der Waals surface area contributed by atoms with Crippen LogP contribution in [0.15, 0.2) is 58.6 Å². The first-order valence-electron chi connectivity index (χ1n) is 6.92. The summed E-state index contributed by atoms with van der Waals surface area (Å²) in [4.78, 5) is 26.2. The molecule has 0 spiro atoms. The Bertz CT molecular complexity index is 881. The molecule has 7 heteroatoms. The third kappa shape index (κ3) is 3.08. The fourth-order valence-electron chi connectivity index (χ4n) is 2.27. The summed E-state index contributed by atoms with van der Waals surface area (Å²) in [5, 5.41) is 12.4. The molecule has 2 N–H and O–H groups in total. The van der Waals surface area contributed by atoms with Gasteiger partial charge in [0.15, 0.2) is 5.11 Å². The van der Waals surface area contributed by atoms with E-state index in [4.69, 9.17) is 12.2 Å². The molecule has 120 valence electrons. The van der Waals surface area contributed by atoms with Gasteiger partial charge in [0.2, 0.25) is 0 Å². The van der Waals surface area contributed by atoms with E-state index in [0.717, 1.165) is 0 Å². The molecule has 0 aromatic heterocycles. The molecule has 1 aliphatic heterocycles. The number of amides is 2. The van der Waals surface area contributed by atoms with E-state index in [1.165, 1.54) is 17.0 Å². The van der Waals surface area contributed by atoms with E-state index >= 15 is 0 Å². The molecule has 1 aliphatic rings. The van der Waals surface area contributed by atoms with Crippen molar-refractivity contribution in [2.75, 3.05) is 4.90 Å². The second-order valence-corrected chi connectivity index (χ2v) is 6.30. The van der Waals surface area contributed by atoms with Crippen LogP contribution in [0, 0.1) is 0 Å². The highest BCUT2D eigenvalue weighted by molar-refractivity contribution is 9.10. The van der Waals surface area contributed by atoms with Gasteiger partial charge in [-0.2, -0.15) is 0 Å². The standard InChI is InChI=1S/C17H11BrN2O3S/c18-11-6-7-14(21)10(8-11)9-13-15(22)19-17(24)20(16(13)23)12-4-2-1-3-5-12/h1-9,21H,(H,19,22,24)/b13-9+. The van der Waals surface area contributed by atoms with Crippen molar-refractivity contribution in [2.45, 2.75) is 0 Å². The van der Waals surface area contributed by atoms with Crippen LogP contribution in [-0.2, 0) is 9.59 Å². The highest BCUT2D eigenvalue weighted by Gasteiger charge is 2.34. The predicted octanol–water partition coefficient (Wildman–Crippen LogP) is 2.99. The highest BCUT2D eigenvalue weighted by atomic mass is 79.9. The van der Waals surface area contributed by atoms with Crippen LogP contribution in [0.1, 0.15) is 5.56 Å². The van der Waals surface area contributed by atoms with Crippen LogP contribution >= 0.6 is 28.1 Å². The van der Waals surface area contributed by atoms with Crippen molar-refractivity contribution >= 4 is 56.8 Å². The molecule has 2 amide bonds. The van der Waals surface area contributed by atoms with Crippen LogP contribution in [-0.4, -0.2) is 22.0 Å². The summed E-state index contributed by atoms with van der Waals surface area (Å²) in [6.45, 7) is 0. The van der Waals surface area contributed by atoms with E-state index in [0.29, 0.717) is 15.7 Å². The van der Waals surface area contributed by atoms with Gasteiger partial charge in [-0.05, 0) is 48.6 Å². The number of hydrogen-bond acceptors (Lipinski definition) is 4. The largest absolute Gasteiger partial charge is 0.507 e. The van der Waals surface area contributed by atoms with E-state index in [1.54, 1.807) is 36.4 Å². The number of carbonyl (C=O) groups excluding carboxylic acids is 2. The molecule has 2 aromatic rings. The predicted molar refractivity (Wildman–Crippen MR) is 98.5 cm³/mol. The quantitative estimate of drug-likeness (QED) is 0.460. The van der Waals surface area contributed by atoms with E-state index in [2.05, 4.69) is 21.2 Å². The van der Waals surface area contributed by atoms with Gasteiger partial charge in [-0.1, -0.05) is 34.1 Å². The van der Waals surface area contributed by atoms with Crippen LogP contribution in [0.25, 0.3) is 6.08 Å². The Hall–Kier alpha value is -2.51. The molecule has 0 radical (unpaired) electrons. The number of thiocarbonyl (C=S) groups is 1. The normalized spacial score (nSPS) is 16.5. The topological polar surface area (TPSA) is 69.6 Å². The third-order valence-corrected chi connectivity index (χ3v) is 4.18. The van der Waals surface area contributed by atoms with Gasteiger partial charge < -0.3 is 5.11 Å². The maximum Gasteiger partial charge on any atom is 0.270 e. The smallest absolute Gasteiger partial charge is 0.270 e. The summed E-state index contributed by atoms with van der Waals surface area (Å²) < 4.78 is 0.714. The number of para-hydroxylation sites is 1. The molecular formula is C17H11BrN2O3S. The Morgan fingerprint density at radius 2 is 1.83 bits per heavy atom. The Balaban J connectivity index is 2.06. The molecule has 2 aromatic carbocycles. The summed E-state index contributed by atoms with van der Waals surface area (Å²) in [6.07, 6.45) is 1.34. The van der Waals surface area contributed by atoms with Gasteiger partial charge in [-0.3, -0.25) is 19.8 Å². The average molecular weight is 403 g/mol. The lowest BCUT2D eigenvalue weighted by molar-refractivity contribution is -0.122. The average Bonchev–Trinajstić information content (AvgIpc) is 2.55. The number of benzene rings is 2. The number of rotatable bonds is 2. The van der Waals surface area contributed by atoms with E-state index in [9.17, 15) is 14.7 Å². The van der Waals surface area contributed by atoms with Gasteiger partial charge in [-0.15, -0.1) is 0 Å². The minimum Gasteiger partial charge on any atom is -0.507 e. The summed E-state index contributed by atoms with van der Waals surface area (Å²) in [5.74, 6) is -1.18. The number of aromatic hydroxyl groups is 1. The first-order chi connectivity index (χ1) is 11.5. The van der Waals surface area contributed by atoms with Gasteiger partial charge in [0.1, 0.15) is 11.3 Å². The van der Waals surface area contributed by atoms with Crippen molar-refractivity contribution in [3.05, 3.63) is 64.1 Å². The highest BCUT2D eigenvalue weighted by Crippen LogP contribution is 2.27. The lowest BCUT2D eigenvalue weighted by Gasteiger charge is -2.28. The number of phenolic OH excluding ortho intramolecular Hbond substituents is 1. The lowest BCUT2D eigenvalue weighted by Crippen LogP contribution is -2.54. The van der Waals surface area contributed by atoms with E-state index in [1.807, 2.05) is 6.07 Å². The number of phenols is 1. The molecule has 1 fully saturated rings. The number of nitrogens with zero attached hydrogens (tertiary/aromatic N) is 1. The molecule has 0 bridgehead atoms. The van der Waals surface area contributed by atoms with Gasteiger partial charge in [0.05, 0.1) is 5.69 Å². The summed E-state index contributed by atoms with van der Waals surface area (Å²) in [5.41, 5.74) is 0.793. The zero-order valence-electron chi connectivity index (χ0n) is 12.2. The number of anilines is 1. The zero-order chi connectivity index (χ0) is 17.3. The Labute approximate surface area is 151 Å². The number of halogens is 1. The second kappa shape index (κ2) is 6.54. The van der Waals surface area contributed by atoms with Crippen molar-refractivity contribution in [3.8, 4) is 5.75 Å². The van der Waals surface area contributed by atoms with Crippen molar-refractivity contribution < 1.29 is 14.7 Å². The fourth-order valence-corrected chi connectivity index (χ4v) is 2.93. The van der Waals surface area contributed by atoms with Gasteiger partial charge in [-0.25, -0.2) is 0 Å². The first-order valence-corrected chi connectivity index (χ1v) is 8.12. The molecule has 0 atom stereocenters. The fraction of sp³-hybridized carbons (Fsp3) is 0. The second-order valence-electron chi connectivity index (χ2n) is 5.00. The summed E-state index contributed by atoms with van der Waals surface area (Å²) in [6, 6.07) is 13.5. The van der Waals surface area contributed by atoms with E-state index in [-0.39, 0.29) is 16.4 Å². The van der Waals surface area contributed by atoms with Crippen LogP contribution in [0.4, 0.5) is 5.69 Å². The molecule has 0 aliphatic carbocycles. The maximum absolute atomic E-state index is 12.8. The molecule has 3 rings (SSSR count). The van der Waals surface area contributed by atoms with Gasteiger partial charge >= 0.3 is 0 Å². The molecule has 0 saturated carbocycles. The molecular weight excluding hydrogens is 392 g/mol. The number of hydrogen-bond donors (Lipinski definition) is 2. The summed E-state index contributed by atoms with van der Waals surface area (Å²) >= 11 is 8.41. The molecule has 1 saturated heterocycles. The molecule has 5 nitrogen and oxygen atoms in total. The molecule has 0 unspecified atom stereocenters. The number of nitrogens with one attached hydrogen (secondary N) is 1. The van der Waals surface area contributed by atoms with Crippen molar-refractivity contribution in [1.29, 1.82) is 0 Å². The van der Waals surface area contributed by atoms with Crippen LogP contribution in [0.2, 0.25) is 0 Å². The Kier molecular flexibility index (Phi) is 4.46. The Morgan fingerprint density at radius 3 is 2.54 bits per heavy atom. The van der Waals surface area contributed by atoms with Gasteiger partial charge in [0, 0.05) is 10.0 Å². The number of carbonyl (C=O) groups is 2. The van der Waals surface area contributed by atoms with Crippen LogP contribution < -0.4 is 10.2 Å². The lowest BCUT2D eigenvalue weighted by atomic mass is 10.1. The minimum atomic E-state index is -0.600. The molecule has 24 heavy (non-hydrogen) atoms. The first kappa shape index (κ1) is 16.4. The van der Waals surface area contributed by atoms with Crippen LogP contribution in [0.3, 0.4) is 0 Å². The van der Waals surface area contributed by atoms with E-state index < -0.39 is 11.8 Å². The van der Waals surface area contributed by atoms with Crippen molar-refractivity contribution in [2.24, 2.45) is 0 Å². The van der Waals surface area contributed by atoms with Crippen molar-refractivity contribution in [1.82, 2.24) is 5.32 Å². The SMILES string of the molecule is O=C1NC(=S)N(c2ccccc2)C(=O)/C1=C/c1cc(Br)ccc1O. The van der Waals surface area contributed by atoms with Gasteiger partial charge in [0.25, 0.3) is 11.8 Å².